The van der Waals surface area contributed by atoms with E-state index in [2.05, 4.69) is 10.2 Å². The number of para-hydroxylation sites is 1. The molecule has 2 heterocycles. The lowest BCUT2D eigenvalue weighted by Gasteiger charge is -2.13. The molecule has 0 bridgehead atoms. The minimum Gasteiger partial charge on any atom is -0.396 e. The molecule has 0 fully saturated rings. The third kappa shape index (κ3) is 2.42. The zero-order chi connectivity index (χ0) is 16.5. The van der Waals surface area contributed by atoms with E-state index in [1.165, 1.54) is 0 Å². The summed E-state index contributed by atoms with van der Waals surface area (Å²) in [5, 5.41) is 18.4. The highest BCUT2D eigenvalue weighted by molar-refractivity contribution is 6.35. The molecule has 6 heteroatoms. The third-order valence-electron chi connectivity index (χ3n) is 4.04. The van der Waals surface area contributed by atoms with Crippen LogP contribution in [-0.2, 0) is 13.0 Å². The van der Waals surface area contributed by atoms with Crippen molar-refractivity contribution in [3.05, 3.63) is 76.3 Å². The van der Waals surface area contributed by atoms with Gasteiger partial charge in [0, 0.05) is 22.6 Å². The maximum atomic E-state index is 9.30. The number of rotatable bonds is 3. The van der Waals surface area contributed by atoms with Crippen molar-refractivity contribution < 1.29 is 5.11 Å². The molecule has 5 nitrogen and oxygen atoms in total. The standard InChI is InChI=1S/C18H15ClN4O/c19-14-7-3-1-5-12(14)18-13-6-2-4-8-15(13)23-16(9-10-24)21-22-17(23)11-20-18/h1-8,24H,9-11H2. The second kappa shape index (κ2) is 6.19. The molecule has 2 aromatic carbocycles. The lowest BCUT2D eigenvalue weighted by Crippen LogP contribution is -2.10. The van der Waals surface area contributed by atoms with E-state index in [4.69, 9.17) is 16.6 Å². The molecule has 1 N–H and O–H groups in total. The monoisotopic (exact) mass is 338 g/mol. The van der Waals surface area contributed by atoms with E-state index in [0.29, 0.717) is 18.0 Å². The minimum atomic E-state index is 0.0263. The fourth-order valence-electron chi connectivity index (χ4n) is 2.98. The lowest BCUT2D eigenvalue weighted by atomic mass is 10.0. The number of aromatic nitrogens is 3. The molecule has 0 aliphatic carbocycles. The molecule has 0 spiro atoms. The largest absolute Gasteiger partial charge is 0.396 e. The number of fused-ring (bicyclic) bond motifs is 3. The maximum Gasteiger partial charge on any atom is 0.159 e. The van der Waals surface area contributed by atoms with Gasteiger partial charge in [-0.25, -0.2) is 0 Å². The average molecular weight is 339 g/mol. The summed E-state index contributed by atoms with van der Waals surface area (Å²) >= 11 is 6.39. The Morgan fingerprint density at radius 3 is 2.54 bits per heavy atom. The smallest absolute Gasteiger partial charge is 0.159 e. The van der Waals surface area contributed by atoms with Crippen LogP contribution in [0.2, 0.25) is 5.02 Å². The van der Waals surface area contributed by atoms with E-state index in [1.807, 2.05) is 53.1 Å². The Labute approximate surface area is 144 Å². The average Bonchev–Trinajstić information content (AvgIpc) is 2.92. The maximum absolute atomic E-state index is 9.30. The molecule has 0 saturated heterocycles. The molecule has 120 valence electrons. The SMILES string of the molecule is OCCc1nnc2n1-c1ccccc1C(c1ccccc1Cl)=NC2. The fourth-order valence-corrected chi connectivity index (χ4v) is 3.21. The Morgan fingerprint density at radius 2 is 1.75 bits per heavy atom. The van der Waals surface area contributed by atoms with E-state index >= 15 is 0 Å². The number of nitrogens with zero attached hydrogens (tertiary/aromatic N) is 4. The van der Waals surface area contributed by atoms with Crippen molar-refractivity contribution in [2.75, 3.05) is 6.61 Å². The van der Waals surface area contributed by atoms with Crippen molar-refractivity contribution in [2.45, 2.75) is 13.0 Å². The Balaban J connectivity index is 1.95. The Bertz CT molecular complexity index is 932. The molecule has 3 aromatic rings. The van der Waals surface area contributed by atoms with Crippen molar-refractivity contribution in [3.63, 3.8) is 0 Å². The van der Waals surface area contributed by atoms with Crippen molar-refractivity contribution in [2.24, 2.45) is 4.99 Å². The van der Waals surface area contributed by atoms with Crippen LogP contribution in [0.15, 0.2) is 53.5 Å². The molecule has 1 aliphatic rings. The van der Waals surface area contributed by atoms with Crippen LogP contribution in [0.3, 0.4) is 0 Å². The molecule has 4 rings (SSSR count). The summed E-state index contributed by atoms with van der Waals surface area (Å²) < 4.78 is 1.99. The highest BCUT2D eigenvalue weighted by Gasteiger charge is 2.23. The highest BCUT2D eigenvalue weighted by Crippen LogP contribution is 2.28. The zero-order valence-electron chi connectivity index (χ0n) is 12.9. The van der Waals surface area contributed by atoms with Crippen molar-refractivity contribution in [3.8, 4) is 5.69 Å². The van der Waals surface area contributed by atoms with Gasteiger partial charge in [0.25, 0.3) is 0 Å². The van der Waals surface area contributed by atoms with Crippen LogP contribution in [0.1, 0.15) is 22.8 Å². The van der Waals surface area contributed by atoms with Gasteiger partial charge >= 0.3 is 0 Å². The first-order valence-corrected chi connectivity index (χ1v) is 8.10. The van der Waals surface area contributed by atoms with E-state index in [-0.39, 0.29) is 6.61 Å². The number of hydrogen-bond acceptors (Lipinski definition) is 4. The second-order valence-corrected chi connectivity index (χ2v) is 5.91. The molecular formula is C18H15ClN4O. The van der Waals surface area contributed by atoms with Gasteiger partial charge in [0.2, 0.25) is 0 Å². The number of halogens is 1. The van der Waals surface area contributed by atoms with Crippen LogP contribution >= 0.6 is 11.6 Å². The summed E-state index contributed by atoms with van der Waals surface area (Å²) in [5.41, 5.74) is 3.67. The summed E-state index contributed by atoms with van der Waals surface area (Å²) in [6.07, 6.45) is 0.447. The first-order valence-electron chi connectivity index (χ1n) is 7.72. The van der Waals surface area contributed by atoms with Crippen LogP contribution in [0.4, 0.5) is 0 Å². The van der Waals surface area contributed by atoms with Crippen molar-refractivity contribution >= 4 is 17.3 Å². The summed E-state index contributed by atoms with van der Waals surface area (Å²) in [4.78, 5) is 4.76. The van der Waals surface area contributed by atoms with Gasteiger partial charge in [-0.15, -0.1) is 10.2 Å². The summed E-state index contributed by atoms with van der Waals surface area (Å²) in [7, 11) is 0. The minimum absolute atomic E-state index is 0.0263. The molecule has 24 heavy (non-hydrogen) atoms. The van der Waals surface area contributed by atoms with E-state index in [1.54, 1.807) is 0 Å². The van der Waals surface area contributed by atoms with Gasteiger partial charge in [0.05, 0.1) is 18.0 Å². The van der Waals surface area contributed by atoms with Crippen LogP contribution in [-0.4, -0.2) is 32.2 Å². The van der Waals surface area contributed by atoms with E-state index < -0.39 is 0 Å². The first-order chi connectivity index (χ1) is 11.8. The number of aliphatic hydroxyl groups excluding tert-OH is 1. The van der Waals surface area contributed by atoms with Crippen molar-refractivity contribution in [1.82, 2.24) is 14.8 Å². The van der Waals surface area contributed by atoms with Gasteiger partial charge in [-0.05, 0) is 12.1 Å². The van der Waals surface area contributed by atoms with Crippen molar-refractivity contribution in [1.29, 1.82) is 0 Å². The fraction of sp³-hybridized carbons (Fsp3) is 0.167. The lowest BCUT2D eigenvalue weighted by molar-refractivity contribution is 0.296. The first kappa shape index (κ1) is 15.1. The van der Waals surface area contributed by atoms with Crippen LogP contribution in [0, 0.1) is 0 Å². The molecular weight excluding hydrogens is 324 g/mol. The Morgan fingerprint density at radius 1 is 1.00 bits per heavy atom. The van der Waals surface area contributed by atoms with E-state index in [0.717, 1.165) is 34.2 Å². The number of aliphatic imine (C=N–C) groups is 1. The van der Waals surface area contributed by atoms with E-state index in [9.17, 15) is 5.11 Å². The number of hydrogen-bond donors (Lipinski definition) is 1. The number of benzene rings is 2. The summed E-state index contributed by atoms with van der Waals surface area (Å²) in [5.74, 6) is 1.49. The van der Waals surface area contributed by atoms with Gasteiger partial charge < -0.3 is 5.11 Å². The normalized spacial score (nSPS) is 13.0. The topological polar surface area (TPSA) is 63.3 Å². The van der Waals surface area contributed by atoms with Gasteiger partial charge in [0.15, 0.2) is 5.82 Å². The predicted octanol–water partition coefficient (Wildman–Crippen LogP) is 2.81. The van der Waals surface area contributed by atoms with Crippen LogP contribution < -0.4 is 0 Å². The van der Waals surface area contributed by atoms with Gasteiger partial charge in [-0.1, -0.05) is 48.0 Å². The van der Waals surface area contributed by atoms with Gasteiger partial charge in [-0.2, -0.15) is 0 Å². The third-order valence-corrected chi connectivity index (χ3v) is 4.37. The molecule has 0 unspecified atom stereocenters. The second-order valence-electron chi connectivity index (χ2n) is 5.50. The predicted molar refractivity (Wildman–Crippen MR) is 92.9 cm³/mol. The molecule has 0 amide bonds. The molecule has 0 radical (unpaired) electrons. The molecule has 0 atom stereocenters. The molecule has 0 saturated carbocycles. The highest BCUT2D eigenvalue weighted by atomic mass is 35.5. The van der Waals surface area contributed by atoms with Crippen LogP contribution in [0.25, 0.3) is 5.69 Å². The van der Waals surface area contributed by atoms with Gasteiger partial charge in [-0.3, -0.25) is 9.56 Å². The quantitative estimate of drug-likeness (QED) is 0.798. The van der Waals surface area contributed by atoms with Crippen LogP contribution in [0.5, 0.6) is 0 Å². The number of aliphatic hydroxyl groups is 1. The molecule has 1 aliphatic heterocycles. The summed E-state index contributed by atoms with van der Waals surface area (Å²) in [6, 6.07) is 15.7. The Kier molecular flexibility index (Phi) is 3.88. The Hall–Kier alpha value is -2.50. The summed E-state index contributed by atoms with van der Waals surface area (Å²) in [6.45, 7) is 0.437. The molecule has 1 aromatic heterocycles. The zero-order valence-corrected chi connectivity index (χ0v) is 13.6. The van der Waals surface area contributed by atoms with Gasteiger partial charge in [0.1, 0.15) is 12.4 Å².